The first kappa shape index (κ1) is 16.6. The van der Waals surface area contributed by atoms with Crippen LogP contribution in [0.3, 0.4) is 0 Å². The van der Waals surface area contributed by atoms with Gasteiger partial charge in [-0.3, -0.25) is 4.90 Å². The first-order valence-electron chi connectivity index (χ1n) is 8.78. The highest BCUT2D eigenvalue weighted by Gasteiger charge is 2.39. The molecule has 1 aliphatic carbocycles. The van der Waals surface area contributed by atoms with Crippen molar-refractivity contribution < 1.29 is 0 Å². The molecule has 3 heteroatoms. The minimum absolute atomic E-state index is 0.725. The Labute approximate surface area is 130 Å². The molecule has 0 amide bonds. The zero-order valence-electron chi connectivity index (χ0n) is 13.9. The van der Waals surface area contributed by atoms with Gasteiger partial charge in [0.1, 0.15) is 0 Å². The van der Waals surface area contributed by atoms with Crippen molar-refractivity contribution in [1.29, 1.82) is 0 Å². The third kappa shape index (κ3) is 3.92. The molecule has 0 aromatic rings. The summed E-state index contributed by atoms with van der Waals surface area (Å²) in [5.41, 5.74) is 0. The summed E-state index contributed by atoms with van der Waals surface area (Å²) in [6.45, 7) is 11.9. The Morgan fingerprint density at radius 3 is 2.70 bits per heavy atom. The monoisotopic (exact) mass is 298 g/mol. The van der Waals surface area contributed by atoms with Gasteiger partial charge in [0.05, 0.1) is 0 Å². The highest BCUT2D eigenvalue weighted by molar-refractivity contribution is 7.99. The van der Waals surface area contributed by atoms with E-state index in [2.05, 4.69) is 49.7 Å². The third-order valence-corrected chi connectivity index (χ3v) is 6.42. The van der Waals surface area contributed by atoms with E-state index in [4.69, 9.17) is 0 Å². The number of nitrogens with one attached hydrogen (secondary N) is 1. The van der Waals surface area contributed by atoms with Gasteiger partial charge in [0.2, 0.25) is 0 Å². The molecule has 0 spiro atoms. The van der Waals surface area contributed by atoms with Crippen LogP contribution in [0.15, 0.2) is 0 Å². The molecule has 1 saturated carbocycles. The third-order valence-electron chi connectivity index (χ3n) is 5.10. The van der Waals surface area contributed by atoms with Crippen LogP contribution in [0.2, 0.25) is 0 Å². The van der Waals surface area contributed by atoms with Gasteiger partial charge >= 0.3 is 0 Å². The summed E-state index contributed by atoms with van der Waals surface area (Å²) in [6.07, 6.45) is 6.95. The van der Waals surface area contributed by atoms with Gasteiger partial charge in [0.15, 0.2) is 0 Å². The molecule has 118 valence electrons. The summed E-state index contributed by atoms with van der Waals surface area (Å²) in [6, 6.07) is 2.31. The fraction of sp³-hybridized carbons (Fsp3) is 1.00. The van der Waals surface area contributed by atoms with E-state index < -0.39 is 0 Å². The van der Waals surface area contributed by atoms with Gasteiger partial charge in [-0.05, 0) is 30.9 Å². The van der Waals surface area contributed by atoms with Crippen molar-refractivity contribution in [3.8, 4) is 0 Å². The molecular weight excluding hydrogens is 264 g/mol. The van der Waals surface area contributed by atoms with Crippen LogP contribution in [0.25, 0.3) is 0 Å². The van der Waals surface area contributed by atoms with E-state index in [1.165, 1.54) is 50.9 Å². The van der Waals surface area contributed by atoms with Crippen LogP contribution in [0.1, 0.15) is 59.8 Å². The van der Waals surface area contributed by atoms with Crippen LogP contribution in [0.5, 0.6) is 0 Å². The number of thioether (sulfide) groups is 1. The fourth-order valence-electron chi connectivity index (χ4n) is 4.10. The lowest BCUT2D eigenvalue weighted by Gasteiger charge is -2.47. The first-order valence-corrected chi connectivity index (χ1v) is 9.82. The van der Waals surface area contributed by atoms with Crippen molar-refractivity contribution >= 4 is 11.8 Å². The smallest absolute Gasteiger partial charge is 0.0247 e. The average molecular weight is 299 g/mol. The predicted octanol–water partition coefficient (Wildman–Crippen LogP) is 3.76. The van der Waals surface area contributed by atoms with Gasteiger partial charge in [-0.15, -0.1) is 0 Å². The summed E-state index contributed by atoms with van der Waals surface area (Å²) in [7, 11) is 0. The molecule has 20 heavy (non-hydrogen) atoms. The van der Waals surface area contributed by atoms with Crippen molar-refractivity contribution in [2.75, 3.05) is 18.8 Å². The maximum Gasteiger partial charge on any atom is 0.0247 e. The van der Waals surface area contributed by atoms with E-state index in [0.29, 0.717) is 0 Å². The first-order chi connectivity index (χ1) is 9.67. The normalized spacial score (nSPS) is 35.9. The second-order valence-electron chi connectivity index (χ2n) is 6.89. The van der Waals surface area contributed by atoms with Crippen molar-refractivity contribution in [3.63, 3.8) is 0 Å². The van der Waals surface area contributed by atoms with E-state index in [0.717, 1.165) is 29.3 Å². The molecule has 0 aromatic carbocycles. The van der Waals surface area contributed by atoms with Crippen molar-refractivity contribution in [2.24, 2.45) is 5.92 Å². The minimum Gasteiger partial charge on any atom is -0.311 e. The van der Waals surface area contributed by atoms with E-state index in [9.17, 15) is 0 Å². The van der Waals surface area contributed by atoms with Crippen LogP contribution in [-0.4, -0.2) is 47.1 Å². The zero-order valence-corrected chi connectivity index (χ0v) is 14.7. The Kier molecular flexibility index (Phi) is 6.70. The topological polar surface area (TPSA) is 15.3 Å². The average Bonchev–Trinajstić information content (AvgIpc) is 2.87. The molecule has 1 heterocycles. The molecule has 2 aliphatic rings. The molecule has 0 aromatic heterocycles. The molecule has 0 bridgehead atoms. The lowest BCUT2D eigenvalue weighted by atomic mass is 9.94. The number of hydrogen-bond donors (Lipinski definition) is 1. The Bertz CT molecular complexity index is 282. The molecule has 1 N–H and O–H groups in total. The number of nitrogens with zero attached hydrogens (tertiary/aromatic N) is 1. The van der Waals surface area contributed by atoms with Gasteiger partial charge in [0, 0.05) is 36.5 Å². The van der Waals surface area contributed by atoms with Gasteiger partial charge in [-0.1, -0.05) is 40.5 Å². The summed E-state index contributed by atoms with van der Waals surface area (Å²) < 4.78 is 0. The van der Waals surface area contributed by atoms with Gasteiger partial charge < -0.3 is 5.32 Å². The van der Waals surface area contributed by atoms with Gasteiger partial charge in [-0.25, -0.2) is 0 Å². The number of piperazine rings is 1. The maximum atomic E-state index is 3.80. The molecular formula is C17H34N2S. The SMILES string of the molecule is CCCC1CN(C2CCCC2SCC)C(C(C)C)CN1. The van der Waals surface area contributed by atoms with Gasteiger partial charge in [0.25, 0.3) is 0 Å². The van der Waals surface area contributed by atoms with Crippen LogP contribution >= 0.6 is 11.8 Å². The molecule has 2 rings (SSSR count). The maximum absolute atomic E-state index is 3.80. The van der Waals surface area contributed by atoms with Crippen LogP contribution in [-0.2, 0) is 0 Å². The number of rotatable bonds is 6. The van der Waals surface area contributed by atoms with E-state index in [1.54, 1.807) is 0 Å². The molecule has 2 nitrogen and oxygen atoms in total. The van der Waals surface area contributed by atoms with Crippen molar-refractivity contribution in [1.82, 2.24) is 10.2 Å². The summed E-state index contributed by atoms with van der Waals surface area (Å²) >= 11 is 2.21. The molecule has 1 saturated heterocycles. The second-order valence-corrected chi connectivity index (χ2v) is 8.41. The van der Waals surface area contributed by atoms with Crippen LogP contribution < -0.4 is 5.32 Å². The molecule has 4 unspecified atom stereocenters. The summed E-state index contributed by atoms with van der Waals surface area (Å²) in [4.78, 5) is 2.90. The zero-order chi connectivity index (χ0) is 14.5. The van der Waals surface area contributed by atoms with Crippen molar-refractivity contribution in [3.05, 3.63) is 0 Å². The molecule has 4 atom stereocenters. The quantitative estimate of drug-likeness (QED) is 0.804. The largest absolute Gasteiger partial charge is 0.311 e. The van der Waals surface area contributed by atoms with Crippen molar-refractivity contribution in [2.45, 2.75) is 83.2 Å². The lowest BCUT2D eigenvalue weighted by Crippen LogP contribution is -2.62. The Balaban J connectivity index is 2.05. The summed E-state index contributed by atoms with van der Waals surface area (Å²) in [5, 5.41) is 4.69. The van der Waals surface area contributed by atoms with E-state index in [-0.39, 0.29) is 0 Å². The molecule has 0 radical (unpaired) electrons. The standard InChI is InChI=1S/C17H34N2S/c1-5-8-14-12-19(16(11-18-14)13(3)4)15-9-7-10-17(15)20-6-2/h13-18H,5-12H2,1-4H3. The van der Waals surface area contributed by atoms with Crippen LogP contribution in [0, 0.1) is 5.92 Å². The lowest BCUT2D eigenvalue weighted by molar-refractivity contribution is 0.0576. The Morgan fingerprint density at radius 2 is 2.05 bits per heavy atom. The summed E-state index contributed by atoms with van der Waals surface area (Å²) in [5.74, 6) is 2.04. The fourth-order valence-corrected chi connectivity index (χ4v) is 5.37. The Morgan fingerprint density at radius 1 is 1.25 bits per heavy atom. The predicted molar refractivity (Wildman–Crippen MR) is 91.6 cm³/mol. The minimum atomic E-state index is 0.725. The Hall–Kier alpha value is 0.270. The molecule has 2 fully saturated rings. The second kappa shape index (κ2) is 8.05. The highest BCUT2D eigenvalue weighted by Crippen LogP contribution is 2.36. The van der Waals surface area contributed by atoms with Crippen LogP contribution in [0.4, 0.5) is 0 Å². The van der Waals surface area contributed by atoms with E-state index >= 15 is 0 Å². The van der Waals surface area contributed by atoms with Gasteiger partial charge in [-0.2, -0.15) is 11.8 Å². The number of hydrogen-bond acceptors (Lipinski definition) is 3. The van der Waals surface area contributed by atoms with E-state index in [1.807, 2.05) is 0 Å². The molecule has 1 aliphatic heterocycles. The highest BCUT2D eigenvalue weighted by atomic mass is 32.2.